The van der Waals surface area contributed by atoms with Crippen LogP contribution in [0.15, 0.2) is 36.7 Å². The number of hydrogen-bond donors (Lipinski definition) is 2. The molecule has 1 saturated heterocycles. The van der Waals surface area contributed by atoms with E-state index in [-0.39, 0.29) is 12.0 Å². The molecule has 0 radical (unpaired) electrons. The number of aliphatic hydroxyl groups is 1. The van der Waals surface area contributed by atoms with Crippen molar-refractivity contribution < 1.29 is 9.90 Å². The van der Waals surface area contributed by atoms with E-state index in [0.717, 1.165) is 31.6 Å². The smallest absolute Gasteiger partial charge is 0.254 e. The third-order valence-corrected chi connectivity index (χ3v) is 4.17. The highest BCUT2D eigenvalue weighted by Gasteiger charge is 2.20. The highest BCUT2D eigenvalue weighted by atomic mass is 16.3. The Morgan fingerprint density at radius 3 is 2.83 bits per heavy atom. The molecule has 0 unspecified atom stereocenters. The molecule has 1 atom stereocenters. The van der Waals surface area contributed by atoms with Gasteiger partial charge in [-0.15, -0.1) is 0 Å². The predicted octanol–water partition coefficient (Wildman–Crippen LogP) is 0.917. The van der Waals surface area contributed by atoms with E-state index in [9.17, 15) is 9.90 Å². The van der Waals surface area contributed by atoms with Crippen molar-refractivity contribution in [3.05, 3.63) is 53.3 Å². The molecule has 1 aliphatic rings. The normalized spacial score (nSPS) is 18.3. The lowest BCUT2D eigenvalue weighted by molar-refractivity contribution is 0.0950. The van der Waals surface area contributed by atoms with Crippen molar-refractivity contribution in [1.29, 1.82) is 0 Å². The molecule has 1 fully saturated rings. The number of aromatic nitrogens is 2. The number of carbonyl (C=O) groups excluding carboxylic acids is 1. The Bertz CT molecular complexity index is 683. The summed E-state index contributed by atoms with van der Waals surface area (Å²) >= 11 is 0. The topological polar surface area (TPSA) is 70.4 Å². The summed E-state index contributed by atoms with van der Waals surface area (Å²) in [6, 6.07) is 8.10. The maximum absolute atomic E-state index is 12.1. The maximum atomic E-state index is 12.1. The van der Waals surface area contributed by atoms with Gasteiger partial charge in [-0.1, -0.05) is 24.3 Å². The Kier molecular flexibility index (Phi) is 4.73. The van der Waals surface area contributed by atoms with Gasteiger partial charge < -0.3 is 10.4 Å². The van der Waals surface area contributed by atoms with Gasteiger partial charge in [0, 0.05) is 39.4 Å². The van der Waals surface area contributed by atoms with Crippen molar-refractivity contribution in [3.63, 3.8) is 0 Å². The minimum absolute atomic E-state index is 0.121. The van der Waals surface area contributed by atoms with Crippen molar-refractivity contribution in [2.45, 2.75) is 25.6 Å². The molecule has 23 heavy (non-hydrogen) atoms. The summed E-state index contributed by atoms with van der Waals surface area (Å²) in [6.07, 6.45) is 3.88. The SMILES string of the molecule is Cn1cc(C(=O)NCc2ccccc2CN2CC[C@@H](O)C2)cn1. The van der Waals surface area contributed by atoms with Crippen molar-refractivity contribution in [3.8, 4) is 0 Å². The molecule has 1 aromatic carbocycles. The van der Waals surface area contributed by atoms with Gasteiger partial charge in [-0.3, -0.25) is 14.4 Å². The lowest BCUT2D eigenvalue weighted by atomic mass is 10.1. The first-order chi connectivity index (χ1) is 11.1. The van der Waals surface area contributed by atoms with E-state index in [1.807, 2.05) is 18.2 Å². The lowest BCUT2D eigenvalue weighted by Crippen LogP contribution is -2.25. The first-order valence-electron chi connectivity index (χ1n) is 7.86. The molecule has 0 spiro atoms. The summed E-state index contributed by atoms with van der Waals surface area (Å²) in [5.74, 6) is -0.121. The zero-order chi connectivity index (χ0) is 16.2. The quantitative estimate of drug-likeness (QED) is 0.861. The molecular formula is C17H22N4O2. The molecule has 2 N–H and O–H groups in total. The zero-order valence-corrected chi connectivity index (χ0v) is 13.3. The summed E-state index contributed by atoms with van der Waals surface area (Å²) < 4.78 is 1.61. The number of nitrogens with zero attached hydrogens (tertiary/aromatic N) is 3. The van der Waals surface area contributed by atoms with Crippen LogP contribution in [-0.4, -0.2) is 44.9 Å². The second-order valence-corrected chi connectivity index (χ2v) is 6.03. The van der Waals surface area contributed by atoms with Crippen molar-refractivity contribution in [2.24, 2.45) is 7.05 Å². The standard InChI is InChI=1S/C17H22N4O2/c1-20-10-15(9-19-20)17(23)18-8-13-4-2-3-5-14(13)11-21-7-6-16(22)12-21/h2-5,9-10,16,22H,6-8,11-12H2,1H3,(H,18,23)/t16-/m1/s1. The zero-order valence-electron chi connectivity index (χ0n) is 13.3. The maximum Gasteiger partial charge on any atom is 0.254 e. The molecule has 3 rings (SSSR count). The first-order valence-corrected chi connectivity index (χ1v) is 7.86. The first kappa shape index (κ1) is 15.7. The number of rotatable bonds is 5. The molecule has 1 aliphatic heterocycles. The van der Waals surface area contributed by atoms with Crippen LogP contribution in [0.3, 0.4) is 0 Å². The number of nitrogens with one attached hydrogen (secondary N) is 1. The van der Waals surface area contributed by atoms with E-state index < -0.39 is 0 Å². The summed E-state index contributed by atoms with van der Waals surface area (Å²) in [7, 11) is 1.79. The van der Waals surface area contributed by atoms with Crippen molar-refractivity contribution in [1.82, 2.24) is 20.0 Å². The number of aliphatic hydroxyl groups excluding tert-OH is 1. The fourth-order valence-corrected chi connectivity index (χ4v) is 2.90. The number of amides is 1. The molecule has 0 saturated carbocycles. The van der Waals surface area contributed by atoms with Gasteiger partial charge in [0.1, 0.15) is 0 Å². The predicted molar refractivity (Wildman–Crippen MR) is 86.7 cm³/mol. The van der Waals surface area contributed by atoms with Crippen LogP contribution in [0.1, 0.15) is 27.9 Å². The van der Waals surface area contributed by atoms with Gasteiger partial charge in [-0.25, -0.2) is 0 Å². The number of benzene rings is 1. The van der Waals surface area contributed by atoms with Gasteiger partial charge in [0.05, 0.1) is 17.9 Å². The Hall–Kier alpha value is -2.18. The van der Waals surface area contributed by atoms with Gasteiger partial charge in [-0.2, -0.15) is 5.10 Å². The second kappa shape index (κ2) is 6.93. The third-order valence-electron chi connectivity index (χ3n) is 4.17. The average Bonchev–Trinajstić information content (AvgIpc) is 3.15. The van der Waals surface area contributed by atoms with E-state index in [2.05, 4.69) is 21.4 Å². The van der Waals surface area contributed by atoms with Gasteiger partial charge in [0.25, 0.3) is 5.91 Å². The lowest BCUT2D eigenvalue weighted by Gasteiger charge is -2.18. The number of aryl methyl sites for hydroxylation is 1. The van der Waals surface area contributed by atoms with E-state index in [0.29, 0.717) is 12.1 Å². The Morgan fingerprint density at radius 2 is 2.17 bits per heavy atom. The molecule has 6 heteroatoms. The molecule has 2 heterocycles. The van der Waals surface area contributed by atoms with Crippen LogP contribution in [-0.2, 0) is 20.1 Å². The number of carbonyl (C=O) groups is 1. The molecule has 6 nitrogen and oxygen atoms in total. The summed E-state index contributed by atoms with van der Waals surface area (Å²) in [5.41, 5.74) is 2.85. The van der Waals surface area contributed by atoms with E-state index >= 15 is 0 Å². The molecule has 0 aliphatic carbocycles. The molecule has 2 aromatic rings. The largest absolute Gasteiger partial charge is 0.392 e. The fraction of sp³-hybridized carbons (Fsp3) is 0.412. The number of likely N-dealkylation sites (tertiary alicyclic amines) is 1. The van der Waals surface area contributed by atoms with Crippen molar-refractivity contribution >= 4 is 5.91 Å². The molecule has 1 aromatic heterocycles. The molecule has 1 amide bonds. The molecule has 122 valence electrons. The van der Waals surface area contributed by atoms with Crippen LogP contribution in [0.25, 0.3) is 0 Å². The van der Waals surface area contributed by atoms with Crippen LogP contribution in [0.5, 0.6) is 0 Å². The molecule has 0 bridgehead atoms. The van der Waals surface area contributed by atoms with E-state index in [1.54, 1.807) is 24.1 Å². The van der Waals surface area contributed by atoms with Gasteiger partial charge in [0.15, 0.2) is 0 Å². The van der Waals surface area contributed by atoms with Crippen LogP contribution in [0, 0.1) is 0 Å². The van der Waals surface area contributed by atoms with E-state index in [1.165, 1.54) is 5.56 Å². The number of β-amino-alcohol motifs (C(OH)–C–C–N with tert-alkyl or cyclic N) is 1. The van der Waals surface area contributed by atoms with Crippen LogP contribution < -0.4 is 5.32 Å². The van der Waals surface area contributed by atoms with Crippen molar-refractivity contribution in [2.75, 3.05) is 13.1 Å². The highest BCUT2D eigenvalue weighted by molar-refractivity contribution is 5.93. The fourth-order valence-electron chi connectivity index (χ4n) is 2.90. The van der Waals surface area contributed by atoms with Gasteiger partial charge >= 0.3 is 0 Å². The summed E-state index contributed by atoms with van der Waals surface area (Å²) in [4.78, 5) is 14.4. The van der Waals surface area contributed by atoms with Gasteiger partial charge in [0.2, 0.25) is 0 Å². The second-order valence-electron chi connectivity index (χ2n) is 6.03. The minimum Gasteiger partial charge on any atom is -0.392 e. The van der Waals surface area contributed by atoms with Crippen LogP contribution in [0.4, 0.5) is 0 Å². The van der Waals surface area contributed by atoms with Gasteiger partial charge in [-0.05, 0) is 17.5 Å². The van der Waals surface area contributed by atoms with Crippen LogP contribution in [0.2, 0.25) is 0 Å². The summed E-state index contributed by atoms with van der Waals surface area (Å²) in [5, 5.41) is 16.6. The Labute approximate surface area is 135 Å². The monoisotopic (exact) mass is 314 g/mol. The minimum atomic E-state index is -0.215. The molecular weight excluding hydrogens is 292 g/mol. The average molecular weight is 314 g/mol. The third kappa shape index (κ3) is 3.97. The Balaban J connectivity index is 1.62. The summed E-state index contributed by atoms with van der Waals surface area (Å²) in [6.45, 7) is 2.92. The van der Waals surface area contributed by atoms with Crippen LogP contribution >= 0.6 is 0 Å². The Morgan fingerprint density at radius 1 is 1.39 bits per heavy atom. The van der Waals surface area contributed by atoms with E-state index in [4.69, 9.17) is 0 Å². The highest BCUT2D eigenvalue weighted by Crippen LogP contribution is 2.16. The number of hydrogen-bond acceptors (Lipinski definition) is 4.